The van der Waals surface area contributed by atoms with Crippen LogP contribution < -0.4 is 22.1 Å². The molecule has 12 nitrogen and oxygen atoms in total. The van der Waals surface area contributed by atoms with Crippen LogP contribution in [0.15, 0.2) is 61.8 Å². The van der Waals surface area contributed by atoms with E-state index in [1.165, 1.54) is 27.2 Å². The number of methoxy groups -OCH3 is 4. The number of fused-ring (bicyclic) bond motifs is 2. The molecule has 42 heavy (non-hydrogen) atoms. The summed E-state index contributed by atoms with van der Waals surface area (Å²) in [7, 11) is 5.99. The minimum absolute atomic E-state index is 0.0282. The lowest BCUT2D eigenvalue weighted by atomic mass is 9.86. The molecule has 0 radical (unpaired) electrons. The quantitative estimate of drug-likeness (QED) is 0.486. The summed E-state index contributed by atoms with van der Waals surface area (Å²) in [5, 5.41) is 2.52. The van der Waals surface area contributed by atoms with Gasteiger partial charge < -0.3 is 39.2 Å². The van der Waals surface area contributed by atoms with Crippen LogP contribution in [0.25, 0.3) is 0 Å². The van der Waals surface area contributed by atoms with Gasteiger partial charge in [-0.15, -0.1) is 0 Å². The Morgan fingerprint density at radius 3 is 2.26 bits per heavy atom. The Balaban J connectivity index is 2.77. The van der Waals surface area contributed by atoms with Gasteiger partial charge in [0.2, 0.25) is 5.43 Å². The molecule has 12 heteroatoms. The molecule has 7 atom stereocenters. The van der Waals surface area contributed by atoms with E-state index >= 15 is 0 Å². The summed E-state index contributed by atoms with van der Waals surface area (Å²) >= 11 is 0. The van der Waals surface area contributed by atoms with Gasteiger partial charge in [-0.3, -0.25) is 9.59 Å². The van der Waals surface area contributed by atoms with Crippen molar-refractivity contribution in [2.24, 2.45) is 17.6 Å². The van der Waals surface area contributed by atoms with Crippen LogP contribution >= 0.6 is 0 Å². The van der Waals surface area contributed by atoms with Gasteiger partial charge in [-0.1, -0.05) is 38.2 Å². The Labute approximate surface area is 245 Å². The van der Waals surface area contributed by atoms with Gasteiger partial charge in [0.25, 0.3) is 5.91 Å². The minimum atomic E-state index is -0.979. The summed E-state index contributed by atoms with van der Waals surface area (Å²) in [4.78, 5) is 50.7. The van der Waals surface area contributed by atoms with E-state index in [0.717, 1.165) is 12.3 Å². The zero-order valence-corrected chi connectivity index (χ0v) is 25.4. The van der Waals surface area contributed by atoms with E-state index in [0.29, 0.717) is 12.0 Å². The molecule has 0 unspecified atom stereocenters. The average Bonchev–Trinajstić information content (AvgIpc) is 3.07. The van der Waals surface area contributed by atoms with Gasteiger partial charge in [-0.2, -0.15) is 0 Å². The monoisotopic (exact) mass is 590 g/mol. The third-order valence-corrected chi connectivity index (χ3v) is 7.26. The van der Waals surface area contributed by atoms with Crippen LogP contribution in [0, 0.1) is 11.8 Å². The fourth-order valence-corrected chi connectivity index (χ4v) is 5.13. The molecule has 0 aliphatic carbocycles. The molecule has 0 aromatic carbocycles. The largest absolute Gasteiger partial charge is 0.439 e. The SMILES string of the molecule is CO[C@H]1[C@@H](OC)C[C@H](C)[C@@H](OC)c2cc(=O)occ(c2=O)NC(=O)/C(C)=C/C=C\[C@H](OC)[C@@H](OC(N)=O)/C(C)=C/[C@@H]1C. The molecule has 0 saturated carbocycles. The average molecular weight is 591 g/mol. The highest BCUT2D eigenvalue weighted by molar-refractivity contribution is 6.03. The van der Waals surface area contributed by atoms with Crippen molar-refractivity contribution in [1.29, 1.82) is 0 Å². The van der Waals surface area contributed by atoms with E-state index in [9.17, 15) is 19.2 Å². The minimum Gasteiger partial charge on any atom is -0.439 e. The maximum absolute atomic E-state index is 13.5. The van der Waals surface area contributed by atoms with Gasteiger partial charge in [0.05, 0.1) is 18.3 Å². The smallest absolute Gasteiger partial charge is 0.405 e. The second-order valence-electron chi connectivity index (χ2n) is 10.3. The zero-order valence-electron chi connectivity index (χ0n) is 25.4. The first-order valence-corrected chi connectivity index (χ1v) is 13.5. The second-order valence-corrected chi connectivity index (χ2v) is 10.3. The Bertz CT molecular complexity index is 1300. The molecule has 2 bridgehead atoms. The first-order chi connectivity index (χ1) is 19.9. The van der Waals surface area contributed by atoms with Gasteiger partial charge in [-0.05, 0) is 31.8 Å². The van der Waals surface area contributed by atoms with Crippen molar-refractivity contribution in [2.45, 2.75) is 64.6 Å². The van der Waals surface area contributed by atoms with E-state index in [1.807, 2.05) is 19.9 Å². The van der Waals surface area contributed by atoms with Crippen molar-refractivity contribution in [3.63, 3.8) is 0 Å². The first-order valence-electron chi connectivity index (χ1n) is 13.5. The number of ether oxygens (including phenoxy) is 5. The van der Waals surface area contributed by atoms with Gasteiger partial charge in [0.15, 0.2) is 6.10 Å². The normalized spacial score (nSPS) is 31.1. The van der Waals surface area contributed by atoms with Crippen molar-refractivity contribution in [2.75, 3.05) is 33.8 Å². The van der Waals surface area contributed by atoms with Crippen molar-refractivity contribution in [3.8, 4) is 0 Å². The summed E-state index contributed by atoms with van der Waals surface area (Å²) in [5.41, 5.74) is 4.66. The van der Waals surface area contributed by atoms with E-state index in [2.05, 4.69) is 5.32 Å². The molecule has 0 fully saturated rings. The summed E-state index contributed by atoms with van der Waals surface area (Å²) in [6, 6.07) is 1.07. The number of carbonyl (C=O) groups is 2. The van der Waals surface area contributed by atoms with E-state index in [1.54, 1.807) is 33.3 Å². The van der Waals surface area contributed by atoms with E-state index in [-0.39, 0.29) is 28.7 Å². The highest BCUT2D eigenvalue weighted by atomic mass is 16.6. The number of carbonyl (C=O) groups excluding carboxylic acids is 2. The standard InChI is InChI=1S/C30H42N2O10/c1-16-10-9-11-22(37-5)28(42-30(31)36)18(3)12-17(2)27(40-8)23(38-6)13-19(4)26(39-7)20-14-24(33)41-15-21(25(20)34)32-29(16)35/h9-12,14-15,17,19,22-23,26-28H,13H2,1-8H3,(H2,31,36)(H,32,35)/b11-9-,16-10+,18-12+/t17-,19-,22-,23-,26+,27+,28-/m0/s1. The number of amides is 2. The lowest BCUT2D eigenvalue weighted by molar-refractivity contribution is -0.112. The Morgan fingerprint density at radius 1 is 1.00 bits per heavy atom. The summed E-state index contributed by atoms with van der Waals surface area (Å²) < 4.78 is 33.5. The van der Waals surface area contributed by atoms with Crippen molar-refractivity contribution >= 4 is 17.7 Å². The Kier molecular flexibility index (Phi) is 13.3. The molecular formula is C30H42N2O10. The lowest BCUT2D eigenvalue weighted by Crippen LogP contribution is -2.38. The molecule has 0 saturated heterocycles. The third kappa shape index (κ3) is 8.96. The highest BCUT2D eigenvalue weighted by Crippen LogP contribution is 2.31. The molecule has 1 aliphatic heterocycles. The number of primary amides is 1. The number of nitrogens with one attached hydrogen (secondary N) is 1. The van der Waals surface area contributed by atoms with E-state index < -0.39 is 53.6 Å². The summed E-state index contributed by atoms with van der Waals surface area (Å²) in [6.45, 7) is 7.10. The zero-order chi connectivity index (χ0) is 31.6. The Morgan fingerprint density at radius 2 is 1.69 bits per heavy atom. The van der Waals surface area contributed by atoms with Gasteiger partial charge in [0, 0.05) is 51.6 Å². The van der Waals surface area contributed by atoms with Crippen LogP contribution in [0.5, 0.6) is 0 Å². The molecular weight excluding hydrogens is 548 g/mol. The molecule has 3 N–H and O–H groups in total. The van der Waals surface area contributed by atoms with Crippen LogP contribution in [-0.4, -0.2) is 64.9 Å². The molecule has 232 valence electrons. The molecule has 2 heterocycles. The van der Waals surface area contributed by atoms with Crippen LogP contribution in [0.2, 0.25) is 0 Å². The van der Waals surface area contributed by atoms with Gasteiger partial charge >= 0.3 is 11.7 Å². The Hall–Kier alpha value is -3.58. The van der Waals surface area contributed by atoms with Crippen molar-refractivity contribution in [1.82, 2.24) is 0 Å². The lowest BCUT2D eigenvalue weighted by Gasteiger charge is -2.33. The first kappa shape index (κ1) is 34.6. The predicted molar refractivity (Wildman–Crippen MR) is 156 cm³/mol. The number of hydrogen-bond acceptors (Lipinski definition) is 10. The maximum Gasteiger partial charge on any atom is 0.405 e. The number of allylic oxidation sites excluding steroid dienone is 2. The summed E-state index contributed by atoms with van der Waals surface area (Å²) in [6.07, 6.45) is 3.42. The number of hydrogen-bond donors (Lipinski definition) is 2. The molecule has 2 amide bonds. The fourth-order valence-electron chi connectivity index (χ4n) is 5.13. The fraction of sp³-hybridized carbons (Fsp3) is 0.533. The van der Waals surface area contributed by atoms with Crippen molar-refractivity contribution in [3.05, 3.63) is 74.0 Å². The van der Waals surface area contributed by atoms with Crippen LogP contribution in [-0.2, 0) is 28.5 Å². The third-order valence-electron chi connectivity index (χ3n) is 7.26. The molecule has 2 rings (SSSR count). The number of rotatable bonds is 5. The van der Waals surface area contributed by atoms with Crippen molar-refractivity contribution < 1.29 is 37.7 Å². The van der Waals surface area contributed by atoms with Gasteiger partial charge in [-0.25, -0.2) is 9.59 Å². The molecule has 1 aliphatic rings. The molecule has 0 spiro atoms. The van der Waals surface area contributed by atoms with Crippen LogP contribution in [0.3, 0.4) is 0 Å². The topological polar surface area (TPSA) is 166 Å². The number of nitrogens with two attached hydrogens (primary N) is 1. The summed E-state index contributed by atoms with van der Waals surface area (Å²) in [5.74, 6) is -1.21. The maximum atomic E-state index is 13.5. The van der Waals surface area contributed by atoms with Gasteiger partial charge in [0.1, 0.15) is 18.1 Å². The van der Waals surface area contributed by atoms with E-state index in [4.69, 9.17) is 33.8 Å². The number of anilines is 1. The predicted octanol–water partition coefficient (Wildman–Crippen LogP) is 3.26. The second kappa shape index (κ2) is 16.2. The highest BCUT2D eigenvalue weighted by Gasteiger charge is 2.33. The molecule has 1 aromatic heterocycles. The van der Waals surface area contributed by atoms with Crippen LogP contribution in [0.1, 0.15) is 45.8 Å². The van der Waals surface area contributed by atoms with Crippen LogP contribution in [0.4, 0.5) is 10.5 Å². The molecule has 1 aromatic rings.